The van der Waals surface area contributed by atoms with Crippen LogP contribution in [0.1, 0.15) is 23.9 Å². The van der Waals surface area contributed by atoms with E-state index in [0.29, 0.717) is 28.1 Å². The molecule has 0 radical (unpaired) electrons. The van der Waals surface area contributed by atoms with E-state index in [9.17, 15) is 13.2 Å². The standard InChI is InChI=1S/C29H28Cl2N4O4S/c1-4-39-25-13-10-23(11-14-25)34(40(37,38)26-8-6-5-7-9-26)19-29(36)33-32-18-22-16-20(2)35(21(22)3)24-12-15-27(30)28(31)17-24/h5-18H,4,19H2,1-3H3,(H,33,36)/b32-18-. The number of aryl methyl sites for hydroxylation is 1. The topological polar surface area (TPSA) is 93.0 Å². The van der Waals surface area contributed by atoms with Gasteiger partial charge >= 0.3 is 0 Å². The van der Waals surface area contributed by atoms with Gasteiger partial charge in [-0.15, -0.1) is 0 Å². The Hall–Kier alpha value is -3.79. The third kappa shape index (κ3) is 6.50. The first-order chi connectivity index (χ1) is 19.1. The van der Waals surface area contributed by atoms with Crippen molar-refractivity contribution in [3.8, 4) is 11.4 Å². The Morgan fingerprint density at radius 1 is 1.00 bits per heavy atom. The third-order valence-electron chi connectivity index (χ3n) is 6.08. The van der Waals surface area contributed by atoms with E-state index in [2.05, 4.69) is 10.5 Å². The number of amides is 1. The minimum atomic E-state index is -4.04. The quantitative estimate of drug-likeness (QED) is 0.175. The SMILES string of the molecule is CCOc1ccc(N(CC(=O)N/N=C\c2cc(C)n(-c3ccc(Cl)c(Cl)c3)c2C)S(=O)(=O)c2ccccc2)cc1. The van der Waals surface area contributed by atoms with Crippen LogP contribution in [0.5, 0.6) is 5.75 Å². The summed E-state index contributed by atoms with van der Waals surface area (Å²) in [5.74, 6) is -0.0150. The number of ether oxygens (including phenoxy) is 1. The summed E-state index contributed by atoms with van der Waals surface area (Å²) >= 11 is 12.3. The highest BCUT2D eigenvalue weighted by atomic mass is 35.5. The zero-order valence-corrected chi connectivity index (χ0v) is 24.5. The zero-order valence-electron chi connectivity index (χ0n) is 22.1. The van der Waals surface area contributed by atoms with Crippen LogP contribution in [0.15, 0.2) is 88.9 Å². The minimum absolute atomic E-state index is 0.0647. The molecule has 8 nitrogen and oxygen atoms in total. The lowest BCUT2D eigenvalue weighted by Crippen LogP contribution is -2.39. The number of nitrogens with zero attached hydrogens (tertiary/aromatic N) is 3. The van der Waals surface area contributed by atoms with Gasteiger partial charge in [0, 0.05) is 22.6 Å². The van der Waals surface area contributed by atoms with Gasteiger partial charge in [-0.05, 0) is 81.4 Å². The van der Waals surface area contributed by atoms with E-state index >= 15 is 0 Å². The van der Waals surface area contributed by atoms with Gasteiger partial charge in [0.05, 0.1) is 33.4 Å². The number of carbonyl (C=O) groups excluding carboxylic acids is 1. The Balaban J connectivity index is 1.55. The molecule has 1 N–H and O–H groups in total. The van der Waals surface area contributed by atoms with E-state index in [-0.39, 0.29) is 4.90 Å². The molecule has 0 unspecified atom stereocenters. The van der Waals surface area contributed by atoms with Crippen molar-refractivity contribution in [2.45, 2.75) is 25.7 Å². The molecule has 0 aliphatic carbocycles. The molecule has 1 heterocycles. The lowest BCUT2D eigenvalue weighted by atomic mass is 10.2. The number of rotatable bonds is 10. The summed E-state index contributed by atoms with van der Waals surface area (Å²) in [6.07, 6.45) is 1.52. The Morgan fingerprint density at radius 3 is 2.35 bits per heavy atom. The van der Waals surface area contributed by atoms with Crippen molar-refractivity contribution in [2.75, 3.05) is 17.5 Å². The van der Waals surface area contributed by atoms with Crippen molar-refractivity contribution in [3.05, 3.63) is 106 Å². The predicted molar refractivity (Wildman–Crippen MR) is 160 cm³/mol. The number of sulfonamides is 1. The molecule has 4 rings (SSSR count). The summed E-state index contributed by atoms with van der Waals surface area (Å²) in [6, 6.07) is 21.7. The van der Waals surface area contributed by atoms with Crippen LogP contribution in [0.25, 0.3) is 5.69 Å². The fourth-order valence-corrected chi connectivity index (χ4v) is 5.92. The number of nitrogens with one attached hydrogen (secondary N) is 1. The van der Waals surface area contributed by atoms with Crippen molar-refractivity contribution in [1.29, 1.82) is 0 Å². The molecule has 1 aromatic heterocycles. The maximum Gasteiger partial charge on any atom is 0.264 e. The molecule has 0 spiro atoms. The van der Waals surface area contributed by atoms with Gasteiger partial charge in [0.2, 0.25) is 0 Å². The van der Waals surface area contributed by atoms with E-state index in [1.54, 1.807) is 54.6 Å². The molecular formula is C29H28Cl2N4O4S. The maximum atomic E-state index is 13.5. The second kappa shape index (κ2) is 12.6. The van der Waals surface area contributed by atoms with Crippen LogP contribution in [-0.2, 0) is 14.8 Å². The Kier molecular flexibility index (Phi) is 9.19. The molecule has 0 atom stereocenters. The molecule has 0 aliphatic rings. The second-order valence-corrected chi connectivity index (χ2v) is 11.5. The van der Waals surface area contributed by atoms with Crippen LogP contribution < -0.4 is 14.5 Å². The van der Waals surface area contributed by atoms with Crippen LogP contribution in [0.3, 0.4) is 0 Å². The molecule has 0 aliphatic heterocycles. The number of hydrogen-bond acceptors (Lipinski definition) is 5. The van der Waals surface area contributed by atoms with Gasteiger partial charge in [0.25, 0.3) is 15.9 Å². The molecule has 0 bridgehead atoms. The smallest absolute Gasteiger partial charge is 0.264 e. The van der Waals surface area contributed by atoms with Crippen molar-refractivity contribution >= 4 is 51.0 Å². The maximum absolute atomic E-state index is 13.5. The molecule has 4 aromatic rings. The first-order valence-corrected chi connectivity index (χ1v) is 14.6. The van der Waals surface area contributed by atoms with E-state index in [0.717, 1.165) is 26.9 Å². The van der Waals surface area contributed by atoms with Crippen LogP contribution in [0.4, 0.5) is 5.69 Å². The van der Waals surface area contributed by atoms with E-state index in [4.69, 9.17) is 27.9 Å². The summed E-state index contributed by atoms with van der Waals surface area (Å²) in [7, 11) is -4.04. The molecule has 40 heavy (non-hydrogen) atoms. The Bertz CT molecular complexity index is 1640. The highest BCUT2D eigenvalue weighted by Crippen LogP contribution is 2.28. The number of benzene rings is 3. The van der Waals surface area contributed by atoms with Crippen LogP contribution in [0.2, 0.25) is 10.0 Å². The lowest BCUT2D eigenvalue weighted by molar-refractivity contribution is -0.119. The molecule has 0 saturated carbocycles. The number of hydrazone groups is 1. The average Bonchev–Trinajstić information content (AvgIpc) is 3.22. The van der Waals surface area contributed by atoms with Crippen molar-refractivity contribution in [1.82, 2.24) is 9.99 Å². The normalized spacial score (nSPS) is 11.5. The first kappa shape index (κ1) is 29.2. The summed E-state index contributed by atoms with van der Waals surface area (Å²) in [6.45, 7) is 5.70. The second-order valence-electron chi connectivity index (χ2n) is 8.81. The number of carbonyl (C=O) groups is 1. The zero-order chi connectivity index (χ0) is 28.9. The summed E-state index contributed by atoms with van der Waals surface area (Å²) < 4.78 is 35.5. The number of hydrogen-bond donors (Lipinski definition) is 1. The highest BCUT2D eigenvalue weighted by molar-refractivity contribution is 7.92. The number of anilines is 1. The third-order valence-corrected chi connectivity index (χ3v) is 8.61. The molecule has 11 heteroatoms. The van der Waals surface area contributed by atoms with Crippen LogP contribution >= 0.6 is 23.2 Å². The average molecular weight is 600 g/mol. The van der Waals surface area contributed by atoms with Gasteiger partial charge in [-0.3, -0.25) is 9.10 Å². The summed E-state index contributed by atoms with van der Waals surface area (Å²) in [4.78, 5) is 13.0. The van der Waals surface area contributed by atoms with Gasteiger partial charge < -0.3 is 9.30 Å². The minimum Gasteiger partial charge on any atom is -0.494 e. The highest BCUT2D eigenvalue weighted by Gasteiger charge is 2.27. The molecular weight excluding hydrogens is 571 g/mol. The monoisotopic (exact) mass is 598 g/mol. The van der Waals surface area contributed by atoms with Crippen molar-refractivity contribution < 1.29 is 17.9 Å². The van der Waals surface area contributed by atoms with Gasteiger partial charge in [-0.25, -0.2) is 13.8 Å². The Labute approximate surface area is 243 Å². The number of aromatic nitrogens is 1. The van der Waals surface area contributed by atoms with Gasteiger partial charge in [-0.2, -0.15) is 5.10 Å². The van der Waals surface area contributed by atoms with E-state index in [1.165, 1.54) is 18.3 Å². The van der Waals surface area contributed by atoms with Crippen molar-refractivity contribution in [2.24, 2.45) is 5.10 Å². The van der Waals surface area contributed by atoms with Crippen LogP contribution in [0, 0.1) is 13.8 Å². The van der Waals surface area contributed by atoms with Gasteiger partial charge in [0.15, 0.2) is 0 Å². The molecule has 3 aromatic carbocycles. The van der Waals surface area contributed by atoms with Gasteiger partial charge in [0.1, 0.15) is 12.3 Å². The summed E-state index contributed by atoms with van der Waals surface area (Å²) in [5, 5.41) is 5.00. The van der Waals surface area contributed by atoms with E-state index in [1.807, 2.05) is 37.5 Å². The largest absolute Gasteiger partial charge is 0.494 e. The van der Waals surface area contributed by atoms with Crippen molar-refractivity contribution in [3.63, 3.8) is 0 Å². The fraction of sp³-hybridized carbons (Fsp3) is 0.172. The Morgan fingerprint density at radius 2 is 1.70 bits per heavy atom. The molecule has 1 amide bonds. The molecule has 0 saturated heterocycles. The fourth-order valence-electron chi connectivity index (χ4n) is 4.19. The first-order valence-electron chi connectivity index (χ1n) is 12.4. The van der Waals surface area contributed by atoms with Crippen LogP contribution in [-0.4, -0.2) is 38.3 Å². The van der Waals surface area contributed by atoms with E-state index < -0.39 is 22.5 Å². The summed E-state index contributed by atoms with van der Waals surface area (Å²) in [5.41, 5.74) is 6.17. The molecule has 0 fully saturated rings. The molecule has 208 valence electrons. The predicted octanol–water partition coefficient (Wildman–Crippen LogP) is 6.15. The lowest BCUT2D eigenvalue weighted by Gasteiger charge is -2.24. The number of halogens is 2. The van der Waals surface area contributed by atoms with Gasteiger partial charge in [-0.1, -0.05) is 41.4 Å².